The van der Waals surface area contributed by atoms with E-state index in [1.165, 1.54) is 0 Å². The van der Waals surface area contributed by atoms with E-state index in [-0.39, 0.29) is 5.91 Å². The zero-order valence-electron chi connectivity index (χ0n) is 10.7. The van der Waals surface area contributed by atoms with Gasteiger partial charge in [-0.15, -0.1) is 0 Å². The Hall–Kier alpha value is -1.62. The maximum atomic E-state index is 11.3. The van der Waals surface area contributed by atoms with Crippen LogP contribution >= 0.6 is 0 Å². The number of nitrogens with zero attached hydrogens (tertiary/aromatic N) is 2. The van der Waals surface area contributed by atoms with Crippen LogP contribution in [-0.4, -0.2) is 44.6 Å². The zero-order chi connectivity index (χ0) is 12.7. The van der Waals surface area contributed by atoms with Crippen molar-refractivity contribution < 1.29 is 4.79 Å². The van der Waals surface area contributed by atoms with Crippen LogP contribution in [0.2, 0.25) is 0 Å². The first-order valence-electron chi connectivity index (χ1n) is 5.80. The van der Waals surface area contributed by atoms with Gasteiger partial charge < -0.3 is 15.5 Å². The molecule has 0 aliphatic heterocycles. The van der Waals surface area contributed by atoms with Crippen LogP contribution in [0.15, 0.2) is 18.3 Å². The lowest BCUT2D eigenvalue weighted by molar-refractivity contribution is 0.0958. The van der Waals surface area contributed by atoms with Crippen molar-refractivity contribution in [3.8, 4) is 0 Å². The number of anilines is 1. The maximum Gasteiger partial charge on any atom is 0.269 e. The van der Waals surface area contributed by atoms with Crippen molar-refractivity contribution in [3.05, 3.63) is 24.0 Å². The topological polar surface area (TPSA) is 57.3 Å². The van der Waals surface area contributed by atoms with Gasteiger partial charge in [0.2, 0.25) is 0 Å². The van der Waals surface area contributed by atoms with E-state index in [2.05, 4.69) is 27.4 Å². The fourth-order valence-corrected chi connectivity index (χ4v) is 1.55. The molecule has 0 saturated carbocycles. The lowest BCUT2D eigenvalue weighted by Gasteiger charge is -2.22. The zero-order valence-corrected chi connectivity index (χ0v) is 10.7. The van der Waals surface area contributed by atoms with Crippen molar-refractivity contribution in [1.82, 2.24) is 15.6 Å². The van der Waals surface area contributed by atoms with Gasteiger partial charge >= 0.3 is 0 Å². The van der Waals surface area contributed by atoms with Gasteiger partial charge in [-0.1, -0.05) is 0 Å². The second-order valence-electron chi connectivity index (χ2n) is 3.66. The molecule has 0 spiro atoms. The number of nitrogens with one attached hydrogen (secondary N) is 2. The van der Waals surface area contributed by atoms with Gasteiger partial charge in [0.1, 0.15) is 5.69 Å². The molecule has 0 bridgehead atoms. The summed E-state index contributed by atoms with van der Waals surface area (Å²) in [7, 11) is 3.53. The van der Waals surface area contributed by atoms with E-state index in [0.717, 1.165) is 25.3 Å². The number of pyridine rings is 1. The molecule has 1 rings (SSSR count). The van der Waals surface area contributed by atoms with Gasteiger partial charge in [-0.05, 0) is 26.1 Å². The minimum Gasteiger partial charge on any atom is -0.369 e. The van der Waals surface area contributed by atoms with E-state index in [1.807, 2.05) is 13.1 Å². The molecule has 1 aromatic rings. The van der Waals surface area contributed by atoms with E-state index in [4.69, 9.17) is 0 Å². The Bertz CT molecular complexity index is 350. The Morgan fingerprint density at radius 1 is 1.41 bits per heavy atom. The molecular formula is C12H20N4O. The van der Waals surface area contributed by atoms with Crippen LogP contribution in [0.4, 0.5) is 5.69 Å². The number of carbonyl (C=O) groups is 1. The predicted molar refractivity (Wildman–Crippen MR) is 69.4 cm³/mol. The predicted octanol–water partition coefficient (Wildman–Crippen LogP) is 0.487. The van der Waals surface area contributed by atoms with Gasteiger partial charge in [-0.2, -0.15) is 0 Å². The maximum absolute atomic E-state index is 11.3. The van der Waals surface area contributed by atoms with Gasteiger partial charge in [0.15, 0.2) is 0 Å². The fourth-order valence-electron chi connectivity index (χ4n) is 1.55. The van der Waals surface area contributed by atoms with E-state index in [0.29, 0.717) is 5.69 Å². The molecule has 0 unspecified atom stereocenters. The molecule has 5 nitrogen and oxygen atoms in total. The van der Waals surface area contributed by atoms with Crippen molar-refractivity contribution in [2.45, 2.75) is 6.92 Å². The van der Waals surface area contributed by atoms with Crippen molar-refractivity contribution >= 4 is 11.6 Å². The average Bonchev–Trinajstić information content (AvgIpc) is 2.39. The van der Waals surface area contributed by atoms with Crippen LogP contribution in [0.3, 0.4) is 0 Å². The van der Waals surface area contributed by atoms with E-state index >= 15 is 0 Å². The highest BCUT2D eigenvalue weighted by Crippen LogP contribution is 2.12. The molecular weight excluding hydrogens is 216 g/mol. The Labute approximate surface area is 102 Å². The van der Waals surface area contributed by atoms with Crippen molar-refractivity contribution in [2.75, 3.05) is 38.6 Å². The smallest absolute Gasteiger partial charge is 0.269 e. The number of hydrogen-bond acceptors (Lipinski definition) is 4. The van der Waals surface area contributed by atoms with Crippen LogP contribution < -0.4 is 15.5 Å². The number of rotatable bonds is 6. The molecule has 0 radical (unpaired) electrons. The molecule has 0 atom stereocenters. The standard InChI is InChI=1S/C12H20N4O/c1-4-16(8-7-13-2)10-5-6-11(15-9-10)12(17)14-3/h5-6,9,13H,4,7-8H2,1-3H3,(H,14,17). The minimum atomic E-state index is -0.158. The summed E-state index contributed by atoms with van der Waals surface area (Å²) in [6.45, 7) is 4.87. The minimum absolute atomic E-state index is 0.158. The highest BCUT2D eigenvalue weighted by Gasteiger charge is 2.07. The summed E-state index contributed by atoms with van der Waals surface area (Å²) in [4.78, 5) is 17.7. The van der Waals surface area contributed by atoms with E-state index < -0.39 is 0 Å². The van der Waals surface area contributed by atoms with Crippen LogP contribution in [0.25, 0.3) is 0 Å². The van der Waals surface area contributed by atoms with Gasteiger partial charge in [-0.25, -0.2) is 4.98 Å². The molecule has 1 heterocycles. The lowest BCUT2D eigenvalue weighted by atomic mass is 10.3. The second-order valence-corrected chi connectivity index (χ2v) is 3.66. The van der Waals surface area contributed by atoms with Crippen LogP contribution in [0.5, 0.6) is 0 Å². The van der Waals surface area contributed by atoms with E-state index in [1.54, 1.807) is 19.3 Å². The summed E-state index contributed by atoms with van der Waals surface area (Å²) in [5.41, 5.74) is 1.48. The number of carbonyl (C=O) groups excluding carboxylic acids is 1. The molecule has 1 aromatic heterocycles. The Kier molecular flexibility index (Phi) is 5.42. The van der Waals surface area contributed by atoms with Crippen molar-refractivity contribution in [2.24, 2.45) is 0 Å². The third-order valence-electron chi connectivity index (χ3n) is 2.59. The number of likely N-dealkylation sites (N-methyl/N-ethyl adjacent to an activating group) is 2. The molecule has 0 aliphatic carbocycles. The summed E-state index contributed by atoms with van der Waals surface area (Å²) >= 11 is 0. The Balaban J connectivity index is 2.74. The van der Waals surface area contributed by atoms with Gasteiger partial charge in [0.25, 0.3) is 5.91 Å². The monoisotopic (exact) mass is 236 g/mol. The average molecular weight is 236 g/mol. The fraction of sp³-hybridized carbons (Fsp3) is 0.500. The third kappa shape index (κ3) is 3.71. The van der Waals surface area contributed by atoms with Gasteiger partial charge in [-0.3, -0.25) is 4.79 Å². The lowest BCUT2D eigenvalue weighted by Crippen LogP contribution is -2.30. The van der Waals surface area contributed by atoms with Crippen LogP contribution in [0, 0.1) is 0 Å². The first kappa shape index (κ1) is 13.4. The Morgan fingerprint density at radius 2 is 2.18 bits per heavy atom. The highest BCUT2D eigenvalue weighted by molar-refractivity contribution is 5.92. The van der Waals surface area contributed by atoms with Gasteiger partial charge in [0.05, 0.1) is 11.9 Å². The second kappa shape index (κ2) is 6.85. The molecule has 94 valence electrons. The van der Waals surface area contributed by atoms with Crippen molar-refractivity contribution in [1.29, 1.82) is 0 Å². The molecule has 0 saturated heterocycles. The molecule has 1 amide bonds. The summed E-state index contributed by atoms with van der Waals surface area (Å²) in [6, 6.07) is 3.67. The highest BCUT2D eigenvalue weighted by atomic mass is 16.1. The number of aromatic nitrogens is 1. The molecule has 0 aromatic carbocycles. The first-order valence-corrected chi connectivity index (χ1v) is 5.80. The van der Waals surface area contributed by atoms with Crippen LogP contribution in [0.1, 0.15) is 17.4 Å². The number of amides is 1. The number of hydrogen-bond donors (Lipinski definition) is 2. The summed E-state index contributed by atoms with van der Waals surface area (Å²) in [5.74, 6) is -0.158. The SMILES string of the molecule is CCN(CCNC)c1ccc(C(=O)NC)nc1. The molecule has 0 aliphatic rings. The van der Waals surface area contributed by atoms with Crippen molar-refractivity contribution in [3.63, 3.8) is 0 Å². The molecule has 0 fully saturated rings. The van der Waals surface area contributed by atoms with Gasteiger partial charge in [0, 0.05) is 26.7 Å². The normalized spacial score (nSPS) is 10.1. The summed E-state index contributed by atoms with van der Waals surface area (Å²) < 4.78 is 0. The summed E-state index contributed by atoms with van der Waals surface area (Å²) in [6.07, 6.45) is 1.74. The summed E-state index contributed by atoms with van der Waals surface area (Å²) in [5, 5.41) is 5.67. The molecule has 2 N–H and O–H groups in total. The quantitative estimate of drug-likeness (QED) is 0.754. The van der Waals surface area contributed by atoms with Crippen LogP contribution in [-0.2, 0) is 0 Å². The molecule has 17 heavy (non-hydrogen) atoms. The first-order chi connectivity index (χ1) is 8.22. The Morgan fingerprint density at radius 3 is 2.65 bits per heavy atom. The van der Waals surface area contributed by atoms with E-state index in [9.17, 15) is 4.79 Å². The molecule has 5 heteroatoms. The third-order valence-corrected chi connectivity index (χ3v) is 2.59. The largest absolute Gasteiger partial charge is 0.369 e.